The average Bonchev–Trinajstić information content (AvgIpc) is 3.04. The topological polar surface area (TPSA) is 66.8 Å². The highest BCUT2D eigenvalue weighted by molar-refractivity contribution is 5.95. The van der Waals surface area contributed by atoms with E-state index in [4.69, 9.17) is 9.84 Å². The first-order chi connectivity index (χ1) is 9.65. The van der Waals surface area contributed by atoms with E-state index in [0.29, 0.717) is 25.3 Å². The molecule has 1 atom stereocenters. The van der Waals surface area contributed by atoms with Crippen LogP contribution >= 0.6 is 0 Å². The fourth-order valence-electron chi connectivity index (χ4n) is 2.99. The Bertz CT molecular complexity index is 555. The van der Waals surface area contributed by atoms with Gasteiger partial charge in [-0.15, -0.1) is 0 Å². The van der Waals surface area contributed by atoms with E-state index >= 15 is 0 Å². The number of fused-ring (bicyclic) bond motifs is 1. The second-order valence-corrected chi connectivity index (χ2v) is 5.37. The fourth-order valence-corrected chi connectivity index (χ4v) is 2.99. The number of amides is 1. The predicted molar refractivity (Wildman–Crippen MR) is 71.2 cm³/mol. The molecule has 1 amide bonds. The SMILES string of the molecule is O=C(O)CC1CCCN1C(=O)c1ccc2c(c1)COC2. The number of ether oxygens (including phenoxy) is 1. The number of hydrogen-bond donors (Lipinski definition) is 1. The summed E-state index contributed by atoms with van der Waals surface area (Å²) in [6.07, 6.45) is 1.67. The van der Waals surface area contributed by atoms with Gasteiger partial charge in [-0.1, -0.05) is 6.07 Å². The number of nitrogens with zero attached hydrogens (tertiary/aromatic N) is 1. The first-order valence-corrected chi connectivity index (χ1v) is 6.87. The number of likely N-dealkylation sites (tertiary alicyclic amines) is 1. The van der Waals surface area contributed by atoms with Gasteiger partial charge in [-0.2, -0.15) is 0 Å². The lowest BCUT2D eigenvalue weighted by Crippen LogP contribution is -2.36. The van der Waals surface area contributed by atoms with Gasteiger partial charge in [0.2, 0.25) is 0 Å². The Morgan fingerprint density at radius 1 is 1.30 bits per heavy atom. The molecule has 0 aliphatic carbocycles. The summed E-state index contributed by atoms with van der Waals surface area (Å²) in [7, 11) is 0. The lowest BCUT2D eigenvalue weighted by molar-refractivity contribution is -0.137. The molecule has 0 saturated carbocycles. The van der Waals surface area contributed by atoms with Crippen LogP contribution in [0.2, 0.25) is 0 Å². The summed E-state index contributed by atoms with van der Waals surface area (Å²) < 4.78 is 5.35. The minimum atomic E-state index is -0.850. The number of carbonyl (C=O) groups is 2. The Labute approximate surface area is 117 Å². The minimum absolute atomic E-state index is 0.0276. The number of rotatable bonds is 3. The molecular weight excluding hydrogens is 258 g/mol. The first-order valence-electron chi connectivity index (χ1n) is 6.87. The summed E-state index contributed by atoms with van der Waals surface area (Å²) in [5.41, 5.74) is 2.82. The summed E-state index contributed by atoms with van der Waals surface area (Å²) in [6.45, 7) is 1.80. The molecule has 2 aliphatic rings. The van der Waals surface area contributed by atoms with Gasteiger partial charge in [-0.3, -0.25) is 9.59 Å². The molecule has 2 aliphatic heterocycles. The molecule has 2 heterocycles. The second-order valence-electron chi connectivity index (χ2n) is 5.37. The molecule has 0 spiro atoms. The van der Waals surface area contributed by atoms with Gasteiger partial charge in [0.1, 0.15) is 0 Å². The molecule has 3 rings (SSSR count). The molecule has 1 N–H and O–H groups in total. The minimum Gasteiger partial charge on any atom is -0.481 e. The molecule has 1 aromatic rings. The zero-order valence-corrected chi connectivity index (χ0v) is 11.2. The molecule has 20 heavy (non-hydrogen) atoms. The lowest BCUT2D eigenvalue weighted by Gasteiger charge is -2.23. The van der Waals surface area contributed by atoms with Crippen LogP contribution in [-0.2, 0) is 22.7 Å². The molecule has 5 nitrogen and oxygen atoms in total. The summed E-state index contributed by atoms with van der Waals surface area (Å²) >= 11 is 0. The number of carboxylic acids is 1. The maximum atomic E-state index is 12.5. The van der Waals surface area contributed by atoms with Crippen LogP contribution in [0.5, 0.6) is 0 Å². The van der Waals surface area contributed by atoms with Crippen molar-refractivity contribution in [1.82, 2.24) is 4.90 Å². The summed E-state index contributed by atoms with van der Waals surface area (Å²) in [4.78, 5) is 25.1. The van der Waals surface area contributed by atoms with E-state index < -0.39 is 5.97 Å². The number of carboxylic acid groups (broad SMARTS) is 1. The third-order valence-corrected chi connectivity index (χ3v) is 4.02. The quantitative estimate of drug-likeness (QED) is 0.913. The monoisotopic (exact) mass is 275 g/mol. The van der Waals surface area contributed by atoms with Crippen molar-refractivity contribution in [3.63, 3.8) is 0 Å². The van der Waals surface area contributed by atoms with Crippen molar-refractivity contribution in [2.24, 2.45) is 0 Å². The van der Waals surface area contributed by atoms with Crippen LogP contribution in [0, 0.1) is 0 Å². The number of aliphatic carboxylic acids is 1. The Hall–Kier alpha value is -1.88. The zero-order chi connectivity index (χ0) is 14.1. The summed E-state index contributed by atoms with van der Waals surface area (Å²) in [5.74, 6) is -0.916. The number of carbonyl (C=O) groups excluding carboxylic acids is 1. The van der Waals surface area contributed by atoms with Crippen LogP contribution in [0.3, 0.4) is 0 Å². The highest BCUT2D eigenvalue weighted by Gasteiger charge is 2.31. The average molecular weight is 275 g/mol. The van der Waals surface area contributed by atoms with E-state index in [9.17, 15) is 9.59 Å². The van der Waals surface area contributed by atoms with E-state index in [1.165, 1.54) is 0 Å². The van der Waals surface area contributed by atoms with Crippen LogP contribution in [0.4, 0.5) is 0 Å². The van der Waals surface area contributed by atoms with Crippen LogP contribution in [0.15, 0.2) is 18.2 Å². The highest BCUT2D eigenvalue weighted by atomic mass is 16.5. The third kappa shape index (κ3) is 2.41. The van der Waals surface area contributed by atoms with Crippen LogP contribution < -0.4 is 0 Å². The highest BCUT2D eigenvalue weighted by Crippen LogP contribution is 2.25. The van der Waals surface area contributed by atoms with Crippen molar-refractivity contribution < 1.29 is 19.4 Å². The van der Waals surface area contributed by atoms with Gasteiger partial charge in [0.25, 0.3) is 5.91 Å². The van der Waals surface area contributed by atoms with Crippen molar-refractivity contribution in [3.8, 4) is 0 Å². The Balaban J connectivity index is 1.79. The second kappa shape index (κ2) is 5.25. The predicted octanol–water partition coefficient (Wildman–Crippen LogP) is 1.80. The molecule has 0 aromatic heterocycles. The van der Waals surface area contributed by atoms with Crippen molar-refractivity contribution in [2.75, 3.05) is 6.54 Å². The largest absolute Gasteiger partial charge is 0.481 e. The Kier molecular flexibility index (Phi) is 3.44. The summed E-state index contributed by atoms with van der Waals surface area (Å²) in [5, 5.41) is 8.92. The molecule has 5 heteroatoms. The first kappa shape index (κ1) is 13.1. The lowest BCUT2D eigenvalue weighted by atomic mass is 10.0. The Morgan fingerprint density at radius 2 is 2.10 bits per heavy atom. The van der Waals surface area contributed by atoms with Crippen LogP contribution in [0.1, 0.15) is 40.7 Å². The number of hydrogen-bond acceptors (Lipinski definition) is 3. The van der Waals surface area contributed by atoms with Gasteiger partial charge in [0.05, 0.1) is 19.6 Å². The van der Waals surface area contributed by atoms with E-state index in [1.54, 1.807) is 4.90 Å². The molecule has 0 bridgehead atoms. The molecule has 1 saturated heterocycles. The van der Waals surface area contributed by atoms with Crippen molar-refractivity contribution in [1.29, 1.82) is 0 Å². The van der Waals surface area contributed by atoms with Gasteiger partial charge >= 0.3 is 5.97 Å². The van der Waals surface area contributed by atoms with Crippen molar-refractivity contribution >= 4 is 11.9 Å². The molecule has 0 radical (unpaired) electrons. The van der Waals surface area contributed by atoms with Crippen molar-refractivity contribution in [3.05, 3.63) is 34.9 Å². The summed E-state index contributed by atoms with van der Waals surface area (Å²) in [6, 6.07) is 5.44. The molecular formula is C15H17NO4. The van der Waals surface area contributed by atoms with E-state index in [-0.39, 0.29) is 18.4 Å². The maximum absolute atomic E-state index is 12.5. The Morgan fingerprint density at radius 3 is 2.90 bits per heavy atom. The van der Waals surface area contributed by atoms with E-state index in [2.05, 4.69) is 0 Å². The van der Waals surface area contributed by atoms with Gasteiger partial charge in [-0.05, 0) is 36.1 Å². The fraction of sp³-hybridized carbons (Fsp3) is 0.467. The molecule has 1 fully saturated rings. The standard InChI is InChI=1S/C15H17NO4/c17-14(18)7-13-2-1-5-16(13)15(19)10-3-4-11-8-20-9-12(11)6-10/h3-4,6,13H,1-2,5,7-9H2,(H,17,18). The normalized spacial score (nSPS) is 21.0. The smallest absolute Gasteiger partial charge is 0.305 e. The van der Waals surface area contributed by atoms with Crippen LogP contribution in [0.25, 0.3) is 0 Å². The van der Waals surface area contributed by atoms with E-state index in [1.807, 2.05) is 18.2 Å². The number of benzene rings is 1. The maximum Gasteiger partial charge on any atom is 0.305 e. The third-order valence-electron chi connectivity index (χ3n) is 4.02. The van der Waals surface area contributed by atoms with Gasteiger partial charge in [0, 0.05) is 18.2 Å². The molecule has 106 valence electrons. The molecule has 1 aromatic carbocycles. The van der Waals surface area contributed by atoms with Crippen LogP contribution in [-0.4, -0.2) is 34.5 Å². The van der Waals surface area contributed by atoms with Gasteiger partial charge in [0.15, 0.2) is 0 Å². The molecule has 1 unspecified atom stereocenters. The van der Waals surface area contributed by atoms with E-state index in [0.717, 1.165) is 24.0 Å². The van der Waals surface area contributed by atoms with Crippen molar-refractivity contribution in [2.45, 2.75) is 38.5 Å². The van der Waals surface area contributed by atoms with Gasteiger partial charge < -0.3 is 14.7 Å². The van der Waals surface area contributed by atoms with Gasteiger partial charge in [-0.25, -0.2) is 0 Å². The zero-order valence-electron chi connectivity index (χ0n) is 11.2.